The quantitative estimate of drug-likeness (QED) is 0.342. The number of aromatic nitrogens is 3. The number of rotatable bonds is 5. The summed E-state index contributed by atoms with van der Waals surface area (Å²) in [7, 11) is 3.81. The highest BCUT2D eigenvalue weighted by Crippen LogP contribution is 2.14. The molecule has 0 saturated heterocycles. The summed E-state index contributed by atoms with van der Waals surface area (Å²) in [6.07, 6.45) is 2.81. The molecule has 0 atom stereocenters. The Kier molecular flexibility index (Phi) is 7.18. The number of thiazole rings is 1. The van der Waals surface area contributed by atoms with Crippen molar-refractivity contribution in [3.8, 4) is 0 Å². The first-order valence-electron chi connectivity index (χ1n) is 7.93. The first kappa shape index (κ1) is 19.6. The van der Waals surface area contributed by atoms with Gasteiger partial charge >= 0.3 is 0 Å². The van der Waals surface area contributed by atoms with Crippen LogP contribution in [0.4, 0.5) is 0 Å². The molecule has 0 spiro atoms. The molecule has 0 saturated carbocycles. The highest BCUT2D eigenvalue weighted by atomic mass is 127. The van der Waals surface area contributed by atoms with Crippen molar-refractivity contribution in [2.75, 3.05) is 13.6 Å². The third kappa shape index (κ3) is 4.91. The van der Waals surface area contributed by atoms with Crippen LogP contribution in [-0.4, -0.2) is 34.1 Å². The lowest BCUT2D eigenvalue weighted by molar-refractivity contribution is 0.733. The van der Waals surface area contributed by atoms with Crippen LogP contribution in [0, 0.1) is 6.92 Å². The van der Waals surface area contributed by atoms with Gasteiger partial charge in [0.1, 0.15) is 5.82 Å². The molecule has 2 N–H and O–H groups in total. The molecule has 2 heterocycles. The molecule has 3 rings (SSSR count). The number of para-hydroxylation sites is 2. The van der Waals surface area contributed by atoms with Crippen LogP contribution in [0.1, 0.15) is 15.7 Å². The van der Waals surface area contributed by atoms with Crippen LogP contribution in [0.15, 0.2) is 35.5 Å². The minimum atomic E-state index is 0. The smallest absolute Gasteiger partial charge is 0.191 e. The predicted octanol–water partition coefficient (Wildman–Crippen LogP) is 2.86. The van der Waals surface area contributed by atoms with E-state index in [-0.39, 0.29) is 24.0 Å². The summed E-state index contributed by atoms with van der Waals surface area (Å²) in [5.74, 6) is 1.75. The molecule has 0 amide bonds. The molecule has 25 heavy (non-hydrogen) atoms. The number of guanidine groups is 1. The van der Waals surface area contributed by atoms with E-state index in [4.69, 9.17) is 0 Å². The zero-order valence-corrected chi connectivity index (χ0v) is 17.8. The Morgan fingerprint density at radius 1 is 1.28 bits per heavy atom. The molecule has 3 aromatic rings. The van der Waals surface area contributed by atoms with E-state index in [1.807, 2.05) is 31.4 Å². The molecule has 6 nitrogen and oxygen atoms in total. The molecule has 0 aliphatic carbocycles. The van der Waals surface area contributed by atoms with Gasteiger partial charge in [0.2, 0.25) is 0 Å². The van der Waals surface area contributed by atoms with Crippen molar-refractivity contribution < 1.29 is 0 Å². The number of halogens is 1. The van der Waals surface area contributed by atoms with Crippen LogP contribution in [0.5, 0.6) is 0 Å². The molecular formula is C17H23IN6S. The van der Waals surface area contributed by atoms with Gasteiger partial charge in [-0.25, -0.2) is 9.97 Å². The van der Waals surface area contributed by atoms with Crippen molar-refractivity contribution in [1.82, 2.24) is 25.2 Å². The van der Waals surface area contributed by atoms with Gasteiger partial charge in [-0.1, -0.05) is 12.1 Å². The van der Waals surface area contributed by atoms with Crippen LogP contribution < -0.4 is 10.6 Å². The SMILES string of the molecule is CN=C(NCCc1ncc(C)s1)NCc1nc2ccccc2n1C.I. The summed E-state index contributed by atoms with van der Waals surface area (Å²) in [5, 5.41) is 7.78. The first-order valence-corrected chi connectivity index (χ1v) is 8.75. The third-order valence-electron chi connectivity index (χ3n) is 3.82. The normalized spacial score (nSPS) is 11.4. The maximum absolute atomic E-state index is 4.66. The summed E-state index contributed by atoms with van der Waals surface area (Å²) in [4.78, 5) is 14.5. The van der Waals surface area contributed by atoms with Crippen molar-refractivity contribution in [3.63, 3.8) is 0 Å². The molecule has 1 aromatic carbocycles. The van der Waals surface area contributed by atoms with Gasteiger partial charge in [-0.05, 0) is 19.1 Å². The fraction of sp³-hybridized carbons (Fsp3) is 0.353. The van der Waals surface area contributed by atoms with Gasteiger partial charge in [0, 0.05) is 38.1 Å². The maximum atomic E-state index is 4.66. The lowest BCUT2D eigenvalue weighted by Crippen LogP contribution is -2.38. The third-order valence-corrected chi connectivity index (χ3v) is 4.79. The summed E-state index contributed by atoms with van der Waals surface area (Å²) in [6, 6.07) is 8.15. The van der Waals surface area contributed by atoms with Crippen molar-refractivity contribution in [2.45, 2.75) is 19.9 Å². The van der Waals surface area contributed by atoms with Crippen LogP contribution in [0.25, 0.3) is 11.0 Å². The number of imidazole rings is 1. The zero-order valence-electron chi connectivity index (χ0n) is 14.6. The minimum absolute atomic E-state index is 0. The summed E-state index contributed by atoms with van der Waals surface area (Å²) < 4.78 is 2.11. The van der Waals surface area contributed by atoms with Crippen LogP contribution in [0.3, 0.4) is 0 Å². The first-order chi connectivity index (χ1) is 11.7. The van der Waals surface area contributed by atoms with E-state index in [0.29, 0.717) is 6.54 Å². The Labute approximate surface area is 168 Å². The van der Waals surface area contributed by atoms with E-state index in [0.717, 1.165) is 40.8 Å². The molecule has 0 aliphatic heterocycles. The number of nitrogens with zero attached hydrogens (tertiary/aromatic N) is 4. The van der Waals surface area contributed by atoms with Crippen LogP contribution in [0.2, 0.25) is 0 Å². The van der Waals surface area contributed by atoms with Gasteiger partial charge in [-0.3, -0.25) is 4.99 Å². The second-order valence-electron chi connectivity index (χ2n) is 5.54. The molecule has 0 radical (unpaired) electrons. The lowest BCUT2D eigenvalue weighted by atomic mass is 10.3. The second kappa shape index (κ2) is 9.14. The Hall–Kier alpha value is -1.68. The second-order valence-corrected chi connectivity index (χ2v) is 6.86. The fourth-order valence-corrected chi connectivity index (χ4v) is 3.33. The number of aliphatic imine (C=N–C) groups is 1. The highest BCUT2D eigenvalue weighted by molar-refractivity contribution is 14.0. The molecule has 0 fully saturated rings. The van der Waals surface area contributed by atoms with Gasteiger partial charge in [-0.15, -0.1) is 35.3 Å². The molecular weight excluding hydrogens is 447 g/mol. The molecule has 2 aromatic heterocycles. The van der Waals surface area contributed by atoms with Crippen molar-refractivity contribution >= 4 is 52.3 Å². The molecule has 8 heteroatoms. The monoisotopic (exact) mass is 470 g/mol. The van der Waals surface area contributed by atoms with Gasteiger partial charge in [-0.2, -0.15) is 0 Å². The van der Waals surface area contributed by atoms with Crippen molar-refractivity contribution in [1.29, 1.82) is 0 Å². The maximum Gasteiger partial charge on any atom is 0.191 e. The number of nitrogens with one attached hydrogen (secondary N) is 2. The molecule has 0 bridgehead atoms. The van der Waals surface area contributed by atoms with E-state index in [9.17, 15) is 0 Å². The minimum Gasteiger partial charge on any atom is -0.356 e. The van der Waals surface area contributed by atoms with Crippen molar-refractivity contribution in [2.24, 2.45) is 12.0 Å². The average molecular weight is 470 g/mol. The zero-order chi connectivity index (χ0) is 16.9. The van der Waals surface area contributed by atoms with E-state index in [1.54, 1.807) is 18.4 Å². The van der Waals surface area contributed by atoms with E-state index < -0.39 is 0 Å². The lowest BCUT2D eigenvalue weighted by Gasteiger charge is -2.11. The number of aryl methyl sites for hydroxylation is 2. The van der Waals surface area contributed by atoms with Gasteiger partial charge in [0.25, 0.3) is 0 Å². The van der Waals surface area contributed by atoms with Crippen LogP contribution >= 0.6 is 35.3 Å². The number of hydrogen-bond donors (Lipinski definition) is 2. The Bertz CT molecular complexity index is 854. The number of benzene rings is 1. The predicted molar refractivity (Wildman–Crippen MR) is 115 cm³/mol. The summed E-state index contributed by atoms with van der Waals surface area (Å²) in [5.41, 5.74) is 2.15. The van der Waals surface area contributed by atoms with Crippen molar-refractivity contribution in [3.05, 3.63) is 46.2 Å². The van der Waals surface area contributed by atoms with E-state index in [1.165, 1.54) is 4.88 Å². The van der Waals surface area contributed by atoms with E-state index >= 15 is 0 Å². The molecule has 0 aliphatic rings. The molecule has 134 valence electrons. The van der Waals surface area contributed by atoms with E-state index in [2.05, 4.69) is 43.2 Å². The standard InChI is InChI=1S/C17H22N6S.HI/c1-12-10-20-16(24-12)8-9-19-17(18-2)21-11-15-22-13-6-4-5-7-14(13)23(15)3;/h4-7,10H,8-9,11H2,1-3H3,(H2,18,19,21);1H. The summed E-state index contributed by atoms with van der Waals surface area (Å²) >= 11 is 1.74. The fourth-order valence-electron chi connectivity index (χ4n) is 2.54. The van der Waals surface area contributed by atoms with Gasteiger partial charge in [0.05, 0.1) is 22.6 Å². The highest BCUT2D eigenvalue weighted by Gasteiger charge is 2.07. The average Bonchev–Trinajstić information content (AvgIpc) is 3.15. The Morgan fingerprint density at radius 2 is 2.08 bits per heavy atom. The molecule has 0 unspecified atom stereocenters. The topological polar surface area (TPSA) is 67.1 Å². The van der Waals surface area contributed by atoms with Gasteiger partial charge < -0.3 is 15.2 Å². The summed E-state index contributed by atoms with van der Waals surface area (Å²) in [6.45, 7) is 3.50. The van der Waals surface area contributed by atoms with Gasteiger partial charge in [0.15, 0.2) is 5.96 Å². The number of fused-ring (bicyclic) bond motifs is 1. The van der Waals surface area contributed by atoms with Crippen LogP contribution in [-0.2, 0) is 20.0 Å². The Balaban J connectivity index is 0.00000225. The number of hydrogen-bond acceptors (Lipinski definition) is 4. The Morgan fingerprint density at radius 3 is 2.76 bits per heavy atom. The largest absolute Gasteiger partial charge is 0.356 e.